The number of nitrogens with zero attached hydrogens (tertiary/aromatic N) is 2. The van der Waals surface area contributed by atoms with Crippen molar-refractivity contribution in [1.29, 1.82) is 0 Å². The number of likely N-dealkylation sites (tertiary alicyclic amines) is 1. The molecule has 0 spiro atoms. The van der Waals surface area contributed by atoms with Crippen molar-refractivity contribution in [2.45, 2.75) is 31.3 Å². The Bertz CT molecular complexity index is 397. The van der Waals surface area contributed by atoms with Gasteiger partial charge in [-0.2, -0.15) is 0 Å². The van der Waals surface area contributed by atoms with Gasteiger partial charge in [0.2, 0.25) is 0 Å². The van der Waals surface area contributed by atoms with Crippen LogP contribution in [0.1, 0.15) is 31.2 Å². The molecule has 4 nitrogen and oxygen atoms in total. The van der Waals surface area contributed by atoms with Gasteiger partial charge in [-0.25, -0.2) is 0 Å². The minimum Gasteiger partial charge on any atom is -0.369 e. The Labute approximate surface area is 121 Å². The molecule has 20 heavy (non-hydrogen) atoms. The van der Waals surface area contributed by atoms with Gasteiger partial charge in [-0.3, -0.25) is 4.98 Å². The van der Waals surface area contributed by atoms with Crippen molar-refractivity contribution in [2.75, 3.05) is 39.3 Å². The molecule has 0 aromatic carbocycles. The Morgan fingerprint density at radius 1 is 1.25 bits per heavy atom. The van der Waals surface area contributed by atoms with E-state index in [-0.39, 0.29) is 5.60 Å². The molecule has 0 saturated carbocycles. The molecular weight excluding hydrogens is 250 g/mol. The molecule has 2 aliphatic heterocycles. The van der Waals surface area contributed by atoms with Crippen LogP contribution in [0, 0.1) is 0 Å². The van der Waals surface area contributed by atoms with Crippen LogP contribution in [-0.2, 0) is 10.3 Å². The molecule has 0 atom stereocenters. The first-order valence-electron chi connectivity index (χ1n) is 7.87. The van der Waals surface area contributed by atoms with E-state index in [4.69, 9.17) is 4.74 Å². The lowest BCUT2D eigenvalue weighted by Gasteiger charge is -2.38. The number of ether oxygens (including phenoxy) is 1. The Morgan fingerprint density at radius 2 is 2.05 bits per heavy atom. The number of hydrogen-bond acceptors (Lipinski definition) is 4. The summed E-state index contributed by atoms with van der Waals surface area (Å²) in [5.74, 6) is 0. The zero-order chi connectivity index (χ0) is 13.7. The summed E-state index contributed by atoms with van der Waals surface area (Å²) in [5, 5.41) is 3.43. The molecular formula is C16H25N3O. The molecule has 3 rings (SSSR count). The Hall–Kier alpha value is -0.970. The highest BCUT2D eigenvalue weighted by atomic mass is 16.5. The zero-order valence-corrected chi connectivity index (χ0v) is 12.2. The van der Waals surface area contributed by atoms with Crippen molar-refractivity contribution >= 4 is 0 Å². The van der Waals surface area contributed by atoms with Gasteiger partial charge in [0.1, 0.15) is 0 Å². The van der Waals surface area contributed by atoms with E-state index in [9.17, 15) is 0 Å². The molecule has 2 aliphatic rings. The largest absolute Gasteiger partial charge is 0.369 e. The second kappa shape index (κ2) is 6.66. The highest BCUT2D eigenvalue weighted by Gasteiger charge is 2.35. The summed E-state index contributed by atoms with van der Waals surface area (Å²) in [6.07, 6.45) is 8.58. The fourth-order valence-corrected chi connectivity index (χ4v) is 3.36. The van der Waals surface area contributed by atoms with Gasteiger partial charge < -0.3 is 15.0 Å². The summed E-state index contributed by atoms with van der Waals surface area (Å²) in [5.41, 5.74) is 1.11. The highest BCUT2D eigenvalue weighted by Crippen LogP contribution is 2.34. The van der Waals surface area contributed by atoms with Crippen LogP contribution in [0.2, 0.25) is 0 Å². The predicted octanol–water partition coefficient (Wildman–Crippen LogP) is 1.77. The first kappa shape index (κ1) is 14.0. The smallest absolute Gasteiger partial charge is 0.0970 e. The van der Waals surface area contributed by atoms with Crippen molar-refractivity contribution in [3.63, 3.8) is 0 Å². The minimum atomic E-state index is -0.126. The van der Waals surface area contributed by atoms with Crippen LogP contribution >= 0.6 is 0 Å². The van der Waals surface area contributed by atoms with Crippen molar-refractivity contribution in [1.82, 2.24) is 15.2 Å². The van der Waals surface area contributed by atoms with E-state index in [1.165, 1.54) is 31.5 Å². The van der Waals surface area contributed by atoms with Crippen LogP contribution in [0.15, 0.2) is 24.5 Å². The van der Waals surface area contributed by atoms with Crippen molar-refractivity contribution in [3.8, 4) is 0 Å². The standard InChI is InChI=1S/C16H25N3O/c1-2-11-19(10-1)12-13-20-16(5-8-17-9-6-16)15-4-3-7-18-14-15/h3-4,7,14,17H,1-2,5-6,8-13H2. The summed E-state index contributed by atoms with van der Waals surface area (Å²) < 4.78 is 6.40. The second-order valence-electron chi connectivity index (χ2n) is 5.88. The lowest BCUT2D eigenvalue weighted by Crippen LogP contribution is -2.43. The fourth-order valence-electron chi connectivity index (χ4n) is 3.36. The minimum absolute atomic E-state index is 0.126. The molecule has 3 heterocycles. The average Bonchev–Trinajstić information content (AvgIpc) is 3.02. The van der Waals surface area contributed by atoms with Crippen LogP contribution < -0.4 is 5.32 Å². The summed E-state index contributed by atoms with van der Waals surface area (Å²) in [7, 11) is 0. The van der Waals surface area contributed by atoms with E-state index in [1.54, 1.807) is 0 Å². The molecule has 4 heteroatoms. The number of nitrogens with one attached hydrogen (secondary N) is 1. The molecule has 2 fully saturated rings. The van der Waals surface area contributed by atoms with Gasteiger partial charge in [0.15, 0.2) is 0 Å². The Kier molecular flexibility index (Phi) is 4.65. The first-order valence-corrected chi connectivity index (χ1v) is 7.87. The highest BCUT2D eigenvalue weighted by molar-refractivity contribution is 5.19. The van der Waals surface area contributed by atoms with Crippen molar-refractivity contribution in [3.05, 3.63) is 30.1 Å². The third-order valence-electron chi connectivity index (χ3n) is 4.58. The summed E-state index contributed by atoms with van der Waals surface area (Å²) in [4.78, 5) is 6.79. The molecule has 1 aromatic heterocycles. The number of aromatic nitrogens is 1. The fraction of sp³-hybridized carbons (Fsp3) is 0.688. The van der Waals surface area contributed by atoms with E-state index in [0.717, 1.165) is 39.1 Å². The molecule has 0 unspecified atom stereocenters. The molecule has 0 aliphatic carbocycles. The molecule has 0 amide bonds. The van der Waals surface area contributed by atoms with Gasteiger partial charge >= 0.3 is 0 Å². The van der Waals surface area contributed by atoms with E-state index in [2.05, 4.69) is 21.3 Å². The van der Waals surface area contributed by atoms with Gasteiger partial charge in [-0.15, -0.1) is 0 Å². The summed E-state index contributed by atoms with van der Waals surface area (Å²) in [6.45, 7) is 6.43. The van der Waals surface area contributed by atoms with E-state index >= 15 is 0 Å². The third-order valence-corrected chi connectivity index (χ3v) is 4.58. The van der Waals surface area contributed by atoms with Gasteiger partial charge in [-0.1, -0.05) is 6.07 Å². The molecule has 110 valence electrons. The number of hydrogen-bond donors (Lipinski definition) is 1. The normalized spacial score (nSPS) is 23.0. The third kappa shape index (κ3) is 3.19. The summed E-state index contributed by atoms with van der Waals surface area (Å²) >= 11 is 0. The molecule has 1 N–H and O–H groups in total. The van der Waals surface area contributed by atoms with Crippen LogP contribution in [-0.4, -0.2) is 49.2 Å². The number of rotatable bonds is 5. The lowest BCUT2D eigenvalue weighted by atomic mass is 9.85. The van der Waals surface area contributed by atoms with Gasteiger partial charge in [-0.05, 0) is 57.9 Å². The number of pyridine rings is 1. The van der Waals surface area contributed by atoms with Gasteiger partial charge in [0, 0.05) is 24.5 Å². The lowest BCUT2D eigenvalue weighted by molar-refractivity contribution is -0.0761. The van der Waals surface area contributed by atoms with E-state index in [1.807, 2.05) is 18.5 Å². The summed E-state index contributed by atoms with van der Waals surface area (Å²) in [6, 6.07) is 4.18. The average molecular weight is 275 g/mol. The molecule has 2 saturated heterocycles. The Balaban J connectivity index is 1.63. The second-order valence-corrected chi connectivity index (χ2v) is 5.88. The molecule has 0 radical (unpaired) electrons. The van der Waals surface area contributed by atoms with Crippen LogP contribution in [0.25, 0.3) is 0 Å². The molecule has 1 aromatic rings. The number of piperidine rings is 1. The zero-order valence-electron chi connectivity index (χ0n) is 12.2. The maximum absolute atomic E-state index is 6.40. The van der Waals surface area contributed by atoms with E-state index < -0.39 is 0 Å². The maximum Gasteiger partial charge on any atom is 0.0970 e. The monoisotopic (exact) mass is 275 g/mol. The Morgan fingerprint density at radius 3 is 2.75 bits per heavy atom. The van der Waals surface area contributed by atoms with Crippen LogP contribution in [0.3, 0.4) is 0 Å². The predicted molar refractivity (Wildman–Crippen MR) is 79.6 cm³/mol. The van der Waals surface area contributed by atoms with Gasteiger partial charge in [0.25, 0.3) is 0 Å². The van der Waals surface area contributed by atoms with E-state index in [0.29, 0.717) is 0 Å². The van der Waals surface area contributed by atoms with Crippen LogP contribution in [0.5, 0.6) is 0 Å². The maximum atomic E-state index is 6.40. The molecule has 0 bridgehead atoms. The quantitative estimate of drug-likeness (QED) is 0.889. The van der Waals surface area contributed by atoms with Gasteiger partial charge in [0.05, 0.1) is 12.2 Å². The van der Waals surface area contributed by atoms with Crippen LogP contribution in [0.4, 0.5) is 0 Å². The first-order chi connectivity index (χ1) is 9.89. The van der Waals surface area contributed by atoms with Crippen molar-refractivity contribution < 1.29 is 4.74 Å². The SMILES string of the molecule is c1cncc(C2(OCCN3CCCC3)CCNCC2)c1. The topological polar surface area (TPSA) is 37.4 Å². The van der Waals surface area contributed by atoms with Crippen molar-refractivity contribution in [2.24, 2.45) is 0 Å².